The molecule has 2 rings (SSSR count). The second kappa shape index (κ2) is 6.03. The molecule has 0 aromatic carbocycles. The third-order valence-electron chi connectivity index (χ3n) is 3.63. The Bertz CT molecular complexity index is 353. The van der Waals surface area contributed by atoms with Gasteiger partial charge < -0.3 is 10.2 Å². The van der Waals surface area contributed by atoms with E-state index >= 15 is 0 Å². The molecule has 0 amide bonds. The van der Waals surface area contributed by atoms with E-state index in [9.17, 15) is 0 Å². The van der Waals surface area contributed by atoms with Crippen molar-refractivity contribution in [1.82, 2.24) is 4.90 Å². The smallest absolute Gasteiger partial charge is 0.136 e. The van der Waals surface area contributed by atoms with Gasteiger partial charge in [0.25, 0.3) is 0 Å². The number of nitrogens with two attached hydrogens (primary N) is 1. The Morgan fingerprint density at radius 2 is 2.47 bits per heavy atom. The first-order valence-electron chi connectivity index (χ1n) is 6.43. The standard InChI is InChI=1S/C13H21BrN2O/c1-2-3-10-4-6-16(9-10)12(8-15)13-11(14)5-7-17-13/h5,7,10,12H,2-4,6,8-9,15H2,1H3. The quantitative estimate of drug-likeness (QED) is 0.908. The summed E-state index contributed by atoms with van der Waals surface area (Å²) >= 11 is 3.52. The second-order valence-corrected chi connectivity index (χ2v) is 5.68. The van der Waals surface area contributed by atoms with Crippen LogP contribution in [0.4, 0.5) is 0 Å². The molecule has 0 saturated carbocycles. The van der Waals surface area contributed by atoms with Gasteiger partial charge in [-0.15, -0.1) is 0 Å². The van der Waals surface area contributed by atoms with E-state index in [2.05, 4.69) is 27.8 Å². The maximum Gasteiger partial charge on any atom is 0.136 e. The van der Waals surface area contributed by atoms with Crippen molar-refractivity contribution in [3.05, 3.63) is 22.6 Å². The normalized spacial score (nSPS) is 23.1. The summed E-state index contributed by atoms with van der Waals surface area (Å²) in [5.41, 5.74) is 5.91. The largest absolute Gasteiger partial charge is 0.466 e. The summed E-state index contributed by atoms with van der Waals surface area (Å²) < 4.78 is 6.59. The molecule has 0 aliphatic carbocycles. The van der Waals surface area contributed by atoms with E-state index in [0.717, 1.165) is 29.2 Å². The molecule has 2 unspecified atom stereocenters. The van der Waals surface area contributed by atoms with Crippen molar-refractivity contribution < 1.29 is 4.42 Å². The van der Waals surface area contributed by atoms with Crippen molar-refractivity contribution in [2.24, 2.45) is 11.7 Å². The SMILES string of the molecule is CCCC1CCN(C(CN)c2occc2Br)C1. The summed E-state index contributed by atoms with van der Waals surface area (Å²) in [5.74, 6) is 1.81. The molecule has 3 nitrogen and oxygen atoms in total. The average Bonchev–Trinajstić information content (AvgIpc) is 2.92. The van der Waals surface area contributed by atoms with E-state index in [1.54, 1.807) is 6.26 Å². The molecule has 1 aromatic rings. The van der Waals surface area contributed by atoms with Gasteiger partial charge in [-0.1, -0.05) is 13.3 Å². The summed E-state index contributed by atoms with van der Waals surface area (Å²) in [6.07, 6.45) is 5.62. The fourth-order valence-electron chi connectivity index (χ4n) is 2.75. The van der Waals surface area contributed by atoms with Crippen LogP contribution >= 0.6 is 15.9 Å². The molecule has 2 N–H and O–H groups in total. The highest BCUT2D eigenvalue weighted by molar-refractivity contribution is 9.10. The summed E-state index contributed by atoms with van der Waals surface area (Å²) in [5, 5.41) is 0. The maximum absolute atomic E-state index is 5.91. The molecule has 2 atom stereocenters. The number of furan rings is 1. The van der Waals surface area contributed by atoms with Gasteiger partial charge in [0.1, 0.15) is 5.76 Å². The summed E-state index contributed by atoms with van der Waals surface area (Å²) in [7, 11) is 0. The number of likely N-dealkylation sites (tertiary alicyclic amines) is 1. The highest BCUT2D eigenvalue weighted by Crippen LogP contribution is 2.33. The molecule has 0 spiro atoms. The Hall–Kier alpha value is -0.320. The molecule has 4 heteroatoms. The van der Waals surface area contributed by atoms with Gasteiger partial charge in [-0.3, -0.25) is 4.90 Å². The van der Waals surface area contributed by atoms with E-state index in [1.165, 1.54) is 19.3 Å². The Morgan fingerprint density at radius 3 is 3.06 bits per heavy atom. The highest BCUT2D eigenvalue weighted by atomic mass is 79.9. The van der Waals surface area contributed by atoms with Crippen LogP contribution in [0.25, 0.3) is 0 Å². The van der Waals surface area contributed by atoms with Crippen LogP contribution < -0.4 is 5.73 Å². The molecular weight excluding hydrogens is 280 g/mol. The molecule has 1 aliphatic heterocycles. The lowest BCUT2D eigenvalue weighted by atomic mass is 10.0. The van der Waals surface area contributed by atoms with Crippen LogP contribution in [0.1, 0.15) is 38.0 Å². The Kier molecular flexibility index (Phi) is 4.65. The van der Waals surface area contributed by atoms with Crippen molar-refractivity contribution in [3.63, 3.8) is 0 Å². The van der Waals surface area contributed by atoms with E-state index in [4.69, 9.17) is 10.2 Å². The fraction of sp³-hybridized carbons (Fsp3) is 0.692. The zero-order valence-corrected chi connectivity index (χ0v) is 11.9. The summed E-state index contributed by atoms with van der Waals surface area (Å²) in [6, 6.07) is 2.17. The van der Waals surface area contributed by atoms with Crippen LogP contribution in [-0.2, 0) is 0 Å². The molecule has 1 fully saturated rings. The first kappa shape index (κ1) is 13.1. The number of hydrogen-bond acceptors (Lipinski definition) is 3. The van der Waals surface area contributed by atoms with Gasteiger partial charge in [0.2, 0.25) is 0 Å². The van der Waals surface area contributed by atoms with Gasteiger partial charge in [-0.2, -0.15) is 0 Å². The number of rotatable bonds is 5. The minimum Gasteiger partial charge on any atom is -0.466 e. The van der Waals surface area contributed by atoms with Gasteiger partial charge in [-0.25, -0.2) is 0 Å². The molecule has 1 saturated heterocycles. The Balaban J connectivity index is 2.03. The lowest BCUT2D eigenvalue weighted by molar-refractivity contribution is 0.211. The summed E-state index contributed by atoms with van der Waals surface area (Å²) in [6.45, 7) is 5.17. The zero-order valence-electron chi connectivity index (χ0n) is 10.4. The molecule has 17 heavy (non-hydrogen) atoms. The van der Waals surface area contributed by atoms with Crippen LogP contribution in [0.15, 0.2) is 21.2 Å². The first-order valence-corrected chi connectivity index (χ1v) is 7.22. The molecule has 0 bridgehead atoms. The van der Waals surface area contributed by atoms with Crippen molar-refractivity contribution in [3.8, 4) is 0 Å². The number of nitrogens with zero attached hydrogens (tertiary/aromatic N) is 1. The van der Waals surface area contributed by atoms with Crippen molar-refractivity contribution >= 4 is 15.9 Å². The Labute approximate surface area is 111 Å². The van der Waals surface area contributed by atoms with Gasteiger partial charge in [0.15, 0.2) is 0 Å². The van der Waals surface area contributed by atoms with E-state index < -0.39 is 0 Å². The topological polar surface area (TPSA) is 42.4 Å². The minimum atomic E-state index is 0.223. The van der Waals surface area contributed by atoms with E-state index in [0.29, 0.717) is 6.54 Å². The Morgan fingerprint density at radius 1 is 1.65 bits per heavy atom. The highest BCUT2D eigenvalue weighted by Gasteiger charge is 2.30. The van der Waals surface area contributed by atoms with Crippen LogP contribution in [0.2, 0.25) is 0 Å². The van der Waals surface area contributed by atoms with Crippen molar-refractivity contribution in [2.75, 3.05) is 19.6 Å². The molecule has 0 radical (unpaired) electrons. The van der Waals surface area contributed by atoms with Crippen LogP contribution in [0.5, 0.6) is 0 Å². The number of hydrogen-bond donors (Lipinski definition) is 1. The maximum atomic E-state index is 5.91. The first-order chi connectivity index (χ1) is 8.26. The molecule has 1 aliphatic rings. The second-order valence-electron chi connectivity index (χ2n) is 4.82. The molecule has 96 valence electrons. The van der Waals surface area contributed by atoms with Crippen LogP contribution in [-0.4, -0.2) is 24.5 Å². The molecule has 2 heterocycles. The predicted octanol–water partition coefficient (Wildman–Crippen LogP) is 3.16. The summed E-state index contributed by atoms with van der Waals surface area (Å²) in [4.78, 5) is 2.46. The van der Waals surface area contributed by atoms with E-state index in [-0.39, 0.29) is 6.04 Å². The van der Waals surface area contributed by atoms with Gasteiger partial charge in [0.05, 0.1) is 16.8 Å². The van der Waals surface area contributed by atoms with Crippen molar-refractivity contribution in [2.45, 2.75) is 32.2 Å². The fourth-order valence-corrected chi connectivity index (χ4v) is 3.22. The van der Waals surface area contributed by atoms with Crippen molar-refractivity contribution in [1.29, 1.82) is 0 Å². The lowest BCUT2D eigenvalue weighted by Gasteiger charge is -2.25. The van der Waals surface area contributed by atoms with Gasteiger partial charge in [-0.05, 0) is 47.3 Å². The minimum absolute atomic E-state index is 0.223. The average molecular weight is 301 g/mol. The van der Waals surface area contributed by atoms with Crippen LogP contribution in [0.3, 0.4) is 0 Å². The third-order valence-corrected chi connectivity index (χ3v) is 4.28. The van der Waals surface area contributed by atoms with Gasteiger partial charge >= 0.3 is 0 Å². The predicted molar refractivity (Wildman–Crippen MR) is 72.8 cm³/mol. The molecule has 1 aromatic heterocycles. The lowest BCUT2D eigenvalue weighted by Crippen LogP contribution is -2.32. The molecular formula is C13H21BrN2O. The van der Waals surface area contributed by atoms with Gasteiger partial charge in [0, 0.05) is 13.1 Å². The van der Waals surface area contributed by atoms with E-state index in [1.807, 2.05) is 6.07 Å². The third kappa shape index (κ3) is 2.92. The monoisotopic (exact) mass is 300 g/mol. The number of halogens is 1. The van der Waals surface area contributed by atoms with Crippen LogP contribution in [0, 0.1) is 5.92 Å². The zero-order chi connectivity index (χ0) is 12.3.